The van der Waals surface area contributed by atoms with E-state index in [1.54, 1.807) is 12.4 Å². The van der Waals surface area contributed by atoms with E-state index in [0.29, 0.717) is 51.2 Å². The zero-order valence-corrected chi connectivity index (χ0v) is 18.9. The fourth-order valence-corrected chi connectivity index (χ4v) is 4.99. The molecule has 1 N–H and O–H groups in total. The maximum Gasteiger partial charge on any atom is 0.226 e. The van der Waals surface area contributed by atoms with Crippen molar-refractivity contribution < 1.29 is 9.59 Å². The molecule has 2 aromatic rings. The molecule has 1 atom stereocenters. The van der Waals surface area contributed by atoms with Gasteiger partial charge in [-0.15, -0.1) is 0 Å². The number of carbonyl (C=O) groups excluding carboxylic acids is 2. The maximum atomic E-state index is 13.1. The Hall–Kier alpha value is -2.95. The topological polar surface area (TPSA) is 62.3 Å². The van der Waals surface area contributed by atoms with E-state index in [2.05, 4.69) is 46.7 Å². The highest BCUT2D eigenvalue weighted by atomic mass is 16.2. The Kier molecular flexibility index (Phi) is 7.03. The molecule has 5 nitrogen and oxygen atoms in total. The smallest absolute Gasteiger partial charge is 0.226 e. The molecule has 2 amide bonds. The lowest BCUT2D eigenvalue weighted by Gasteiger charge is -2.41. The number of nitrogens with zero attached hydrogens (tertiary/aromatic N) is 2. The summed E-state index contributed by atoms with van der Waals surface area (Å²) < 4.78 is 0. The van der Waals surface area contributed by atoms with Gasteiger partial charge in [0.1, 0.15) is 0 Å². The number of amides is 2. The van der Waals surface area contributed by atoms with Gasteiger partial charge in [0, 0.05) is 38.4 Å². The van der Waals surface area contributed by atoms with Crippen molar-refractivity contribution >= 4 is 11.8 Å². The zero-order chi connectivity index (χ0) is 22.4. The number of hydrogen-bond acceptors (Lipinski definition) is 3. The average molecular weight is 432 g/mol. The summed E-state index contributed by atoms with van der Waals surface area (Å²) in [5.74, 6) is 0.730. The van der Waals surface area contributed by atoms with Crippen LogP contribution in [-0.2, 0) is 16.0 Å². The van der Waals surface area contributed by atoms with Gasteiger partial charge in [0.15, 0.2) is 0 Å². The number of rotatable bonds is 7. The molecule has 0 spiro atoms. The van der Waals surface area contributed by atoms with Crippen molar-refractivity contribution in [1.82, 2.24) is 15.2 Å². The van der Waals surface area contributed by atoms with Gasteiger partial charge >= 0.3 is 0 Å². The molecule has 1 aliphatic carbocycles. The van der Waals surface area contributed by atoms with Crippen molar-refractivity contribution in [3.8, 4) is 11.1 Å². The monoisotopic (exact) mass is 431 g/mol. The van der Waals surface area contributed by atoms with Crippen LogP contribution in [0.5, 0.6) is 0 Å². The molecule has 1 saturated heterocycles. The van der Waals surface area contributed by atoms with Gasteiger partial charge in [-0.3, -0.25) is 14.6 Å². The Morgan fingerprint density at radius 2 is 1.75 bits per heavy atom. The molecule has 2 aliphatic rings. The van der Waals surface area contributed by atoms with Crippen molar-refractivity contribution in [3.05, 3.63) is 66.5 Å². The van der Waals surface area contributed by atoms with E-state index in [1.807, 2.05) is 24.0 Å². The summed E-state index contributed by atoms with van der Waals surface area (Å²) in [4.78, 5) is 32.0. The van der Waals surface area contributed by atoms with Crippen molar-refractivity contribution in [3.63, 3.8) is 0 Å². The van der Waals surface area contributed by atoms with Crippen LogP contribution in [0.1, 0.15) is 44.6 Å². The van der Waals surface area contributed by atoms with Crippen LogP contribution in [0.3, 0.4) is 0 Å². The largest absolute Gasteiger partial charge is 0.356 e. The van der Waals surface area contributed by atoms with Gasteiger partial charge in [0.25, 0.3) is 0 Å². The summed E-state index contributed by atoms with van der Waals surface area (Å²) in [6.07, 6.45) is 12.8. The van der Waals surface area contributed by atoms with E-state index < -0.39 is 5.41 Å². The van der Waals surface area contributed by atoms with E-state index >= 15 is 0 Å². The summed E-state index contributed by atoms with van der Waals surface area (Å²) in [5, 5.41) is 3.06. The number of pyridine rings is 1. The highest BCUT2D eigenvalue weighted by Crippen LogP contribution is 2.37. The van der Waals surface area contributed by atoms with Crippen molar-refractivity contribution in [2.75, 3.05) is 19.6 Å². The van der Waals surface area contributed by atoms with Crippen LogP contribution >= 0.6 is 0 Å². The second-order valence-corrected chi connectivity index (χ2v) is 9.10. The highest BCUT2D eigenvalue weighted by Gasteiger charge is 2.42. The number of hydrogen-bond donors (Lipinski definition) is 1. The van der Waals surface area contributed by atoms with Crippen LogP contribution in [0, 0.1) is 11.3 Å². The minimum Gasteiger partial charge on any atom is -0.356 e. The van der Waals surface area contributed by atoms with E-state index in [-0.39, 0.29) is 11.8 Å². The van der Waals surface area contributed by atoms with Crippen LogP contribution < -0.4 is 5.32 Å². The Balaban J connectivity index is 1.44. The van der Waals surface area contributed by atoms with Crippen LogP contribution in [0.4, 0.5) is 0 Å². The molecule has 5 heteroatoms. The van der Waals surface area contributed by atoms with Gasteiger partial charge in [-0.2, -0.15) is 0 Å². The SMILES string of the molecule is CCNC(=O)C1(Cc2ccc(-c3ccncc3)cc2)CCN(C(=O)C[C@@H]2C=CCC2)CC1. The van der Waals surface area contributed by atoms with Gasteiger partial charge in [0.2, 0.25) is 11.8 Å². The van der Waals surface area contributed by atoms with Crippen LogP contribution in [0.2, 0.25) is 0 Å². The Morgan fingerprint density at radius 1 is 1.06 bits per heavy atom. The first kappa shape index (κ1) is 22.3. The predicted octanol–water partition coefficient (Wildman–Crippen LogP) is 4.39. The normalized spacial score (nSPS) is 19.7. The maximum absolute atomic E-state index is 13.1. The molecule has 1 aromatic carbocycles. The number of carbonyl (C=O) groups is 2. The Morgan fingerprint density at radius 3 is 2.38 bits per heavy atom. The van der Waals surface area contributed by atoms with Gasteiger partial charge in [-0.1, -0.05) is 36.4 Å². The summed E-state index contributed by atoms with van der Waals surface area (Å²) >= 11 is 0. The zero-order valence-electron chi connectivity index (χ0n) is 18.9. The molecule has 168 valence electrons. The van der Waals surface area contributed by atoms with E-state index in [9.17, 15) is 9.59 Å². The molecular formula is C27H33N3O2. The minimum atomic E-state index is -0.460. The third kappa shape index (κ3) is 5.09. The molecule has 0 unspecified atom stereocenters. The molecule has 32 heavy (non-hydrogen) atoms. The third-order valence-electron chi connectivity index (χ3n) is 6.95. The van der Waals surface area contributed by atoms with Gasteiger partial charge in [-0.05, 0) is 73.8 Å². The second kappa shape index (κ2) is 10.1. The lowest BCUT2D eigenvalue weighted by atomic mass is 9.72. The number of piperidine rings is 1. The molecule has 1 aliphatic heterocycles. The lowest BCUT2D eigenvalue weighted by Crippen LogP contribution is -2.51. The number of allylic oxidation sites excluding steroid dienone is 2. The van der Waals surface area contributed by atoms with E-state index in [0.717, 1.165) is 29.5 Å². The van der Waals surface area contributed by atoms with Gasteiger partial charge in [0.05, 0.1) is 5.41 Å². The average Bonchev–Trinajstić information content (AvgIpc) is 3.34. The van der Waals surface area contributed by atoms with Crippen molar-refractivity contribution in [2.24, 2.45) is 11.3 Å². The number of likely N-dealkylation sites (tertiary alicyclic amines) is 1. The predicted molar refractivity (Wildman–Crippen MR) is 127 cm³/mol. The molecule has 0 radical (unpaired) electrons. The van der Waals surface area contributed by atoms with E-state index in [1.165, 1.54) is 0 Å². The first-order valence-electron chi connectivity index (χ1n) is 11.8. The van der Waals surface area contributed by atoms with Crippen LogP contribution in [0.15, 0.2) is 60.9 Å². The first-order valence-corrected chi connectivity index (χ1v) is 11.8. The highest BCUT2D eigenvalue weighted by molar-refractivity contribution is 5.84. The third-order valence-corrected chi connectivity index (χ3v) is 6.95. The van der Waals surface area contributed by atoms with Crippen molar-refractivity contribution in [1.29, 1.82) is 0 Å². The molecule has 1 aromatic heterocycles. The number of aromatic nitrogens is 1. The fourth-order valence-electron chi connectivity index (χ4n) is 4.99. The standard InChI is InChI=1S/C27H33N3O2/c1-2-29-26(32)27(13-17-30(18-14-27)25(31)19-21-5-3-4-6-21)20-22-7-9-23(10-8-22)24-11-15-28-16-12-24/h3,5,7-12,15-16,21H,2,4,6,13-14,17-20H2,1H3,(H,29,32)/t21-/m1/s1. The number of nitrogens with one attached hydrogen (secondary N) is 1. The summed E-state index contributed by atoms with van der Waals surface area (Å²) in [7, 11) is 0. The Labute approximate surface area is 190 Å². The quantitative estimate of drug-likeness (QED) is 0.661. The van der Waals surface area contributed by atoms with Crippen LogP contribution in [0.25, 0.3) is 11.1 Å². The number of benzene rings is 1. The summed E-state index contributed by atoms with van der Waals surface area (Å²) in [6.45, 7) is 3.89. The molecule has 1 fully saturated rings. The Bertz CT molecular complexity index is 945. The first-order chi connectivity index (χ1) is 15.6. The van der Waals surface area contributed by atoms with Gasteiger partial charge in [-0.25, -0.2) is 0 Å². The van der Waals surface area contributed by atoms with Crippen LogP contribution in [-0.4, -0.2) is 41.3 Å². The summed E-state index contributed by atoms with van der Waals surface area (Å²) in [6, 6.07) is 12.5. The van der Waals surface area contributed by atoms with Crippen molar-refractivity contribution in [2.45, 2.75) is 45.4 Å². The molecular weight excluding hydrogens is 398 g/mol. The fraction of sp³-hybridized carbons (Fsp3) is 0.444. The summed E-state index contributed by atoms with van der Waals surface area (Å²) in [5.41, 5.74) is 2.97. The minimum absolute atomic E-state index is 0.115. The molecule has 2 heterocycles. The molecule has 4 rings (SSSR count). The lowest BCUT2D eigenvalue weighted by molar-refractivity contribution is -0.141. The van der Waals surface area contributed by atoms with E-state index in [4.69, 9.17) is 0 Å². The molecule has 0 bridgehead atoms. The second-order valence-electron chi connectivity index (χ2n) is 9.10. The van der Waals surface area contributed by atoms with Gasteiger partial charge < -0.3 is 10.2 Å². The molecule has 0 saturated carbocycles.